The molecule has 7 heteroatoms. The summed E-state index contributed by atoms with van der Waals surface area (Å²) in [6.07, 6.45) is 6.88. The molecule has 0 atom stereocenters. The Morgan fingerprint density at radius 2 is 1.39 bits per heavy atom. The summed E-state index contributed by atoms with van der Waals surface area (Å²) in [4.78, 5) is 4.62. The van der Waals surface area contributed by atoms with E-state index in [1.807, 2.05) is 45.9 Å². The molecule has 3 aromatic carbocycles. The van der Waals surface area contributed by atoms with Crippen molar-refractivity contribution in [1.29, 1.82) is 0 Å². The quantitative estimate of drug-likeness (QED) is 0.214. The zero-order valence-electron chi connectivity index (χ0n) is 18.8. The van der Waals surface area contributed by atoms with E-state index in [0.717, 1.165) is 55.2 Å². The van der Waals surface area contributed by atoms with Gasteiger partial charge in [0.1, 0.15) is 5.82 Å². The van der Waals surface area contributed by atoms with Crippen LogP contribution in [0.2, 0.25) is 0 Å². The second-order valence-electron chi connectivity index (χ2n) is 8.64. The molecule has 0 aliphatic heterocycles. The van der Waals surface area contributed by atoms with Crippen LogP contribution in [0.15, 0.2) is 103 Å². The van der Waals surface area contributed by atoms with Crippen molar-refractivity contribution in [2.24, 2.45) is 0 Å². The summed E-state index contributed by atoms with van der Waals surface area (Å²) in [5, 5.41) is 13.9. The fourth-order valence-electron chi connectivity index (χ4n) is 5.30. The first-order valence-corrected chi connectivity index (χ1v) is 11.5. The number of hydrogen-bond donors (Lipinski definition) is 0. The fourth-order valence-corrected chi connectivity index (χ4v) is 5.30. The third-order valence-electron chi connectivity index (χ3n) is 6.78. The summed E-state index contributed by atoms with van der Waals surface area (Å²) >= 11 is 0. The minimum absolute atomic E-state index is 0. The van der Waals surface area contributed by atoms with Gasteiger partial charge in [-0.25, -0.2) is 4.98 Å². The topological polar surface area (TPSA) is 52.9 Å². The smallest absolute Gasteiger partial charge is 0.137 e. The van der Waals surface area contributed by atoms with Crippen LogP contribution in [0.5, 0.6) is 0 Å². The van der Waals surface area contributed by atoms with Gasteiger partial charge in [-0.1, -0.05) is 71.1 Å². The van der Waals surface area contributed by atoms with Gasteiger partial charge >= 0.3 is 0 Å². The Morgan fingerprint density at radius 1 is 0.639 bits per heavy atom. The van der Waals surface area contributed by atoms with Crippen LogP contribution in [0.3, 0.4) is 0 Å². The zero-order chi connectivity index (χ0) is 22.9. The molecule has 0 saturated carbocycles. The molecular formula is C29H17IrN6-. The van der Waals surface area contributed by atoms with E-state index >= 15 is 0 Å². The molecule has 0 bridgehead atoms. The number of hydrogen-bond acceptors (Lipinski definition) is 3. The molecule has 8 rings (SSSR count). The van der Waals surface area contributed by atoms with Gasteiger partial charge in [0.2, 0.25) is 0 Å². The summed E-state index contributed by atoms with van der Waals surface area (Å²) in [6, 6.07) is 31.4. The van der Waals surface area contributed by atoms with E-state index in [1.165, 1.54) is 5.39 Å². The number of nitrogens with zero attached hydrogens (tertiary/aromatic N) is 6. The Labute approximate surface area is 218 Å². The molecule has 0 amide bonds. The average Bonchev–Trinajstić information content (AvgIpc) is 3.64. The van der Waals surface area contributed by atoms with Gasteiger partial charge in [0.05, 0.1) is 16.6 Å². The summed E-state index contributed by atoms with van der Waals surface area (Å²) in [7, 11) is 0. The zero-order valence-corrected chi connectivity index (χ0v) is 21.2. The second-order valence-corrected chi connectivity index (χ2v) is 8.64. The molecule has 8 aromatic rings. The summed E-state index contributed by atoms with van der Waals surface area (Å²) in [5.41, 5.74) is 6.11. The Balaban J connectivity index is 0.00000220. The molecule has 5 heterocycles. The predicted octanol–water partition coefficient (Wildman–Crippen LogP) is 6.12. The van der Waals surface area contributed by atoms with E-state index in [1.54, 1.807) is 0 Å². The van der Waals surface area contributed by atoms with Gasteiger partial charge in [-0.15, -0.1) is 0 Å². The molecule has 0 N–H and O–H groups in total. The van der Waals surface area contributed by atoms with Gasteiger partial charge < -0.3 is 4.68 Å². The minimum Gasteiger partial charge on any atom is -0.329 e. The molecule has 0 aliphatic carbocycles. The normalized spacial score (nSPS) is 11.7. The van der Waals surface area contributed by atoms with Crippen molar-refractivity contribution in [2.45, 2.75) is 0 Å². The van der Waals surface area contributed by atoms with Gasteiger partial charge in [0.25, 0.3) is 0 Å². The number of pyridine rings is 2. The van der Waals surface area contributed by atoms with Crippen molar-refractivity contribution in [3.8, 4) is 11.5 Å². The van der Waals surface area contributed by atoms with Crippen LogP contribution in [0.25, 0.3) is 60.6 Å². The molecule has 1 radical (unpaired) electrons. The molecule has 36 heavy (non-hydrogen) atoms. The summed E-state index contributed by atoms with van der Waals surface area (Å²) in [6.45, 7) is 0. The standard InChI is InChI=1S/C29H17N6.Ir/c1-2-9-22-20(7-1)26-14-16-31-35(26)27-18-32-34(29(22)27)19-12-13-25-23(17-19)21-8-3-4-10-24(21)33(25)28-11-5-6-15-30-28;/h1-17H;/q-1;. The molecule has 5 aromatic heterocycles. The number of rotatable bonds is 2. The largest absolute Gasteiger partial charge is 0.329 e. The molecular weight excluding hydrogens is 625 g/mol. The average molecular weight is 642 g/mol. The number of para-hydroxylation sites is 1. The van der Waals surface area contributed by atoms with Crippen LogP contribution in [-0.2, 0) is 20.1 Å². The first-order valence-electron chi connectivity index (χ1n) is 11.5. The molecule has 0 aliphatic rings. The first kappa shape index (κ1) is 21.0. The molecule has 0 fully saturated rings. The number of aromatic nitrogens is 6. The molecule has 0 unspecified atom stereocenters. The van der Waals surface area contributed by atoms with Gasteiger partial charge in [-0.2, -0.15) is 5.10 Å². The van der Waals surface area contributed by atoms with Crippen molar-refractivity contribution < 1.29 is 20.1 Å². The van der Waals surface area contributed by atoms with Gasteiger partial charge in [-0.3, -0.25) is 14.2 Å². The van der Waals surface area contributed by atoms with Crippen molar-refractivity contribution in [3.63, 3.8) is 0 Å². The van der Waals surface area contributed by atoms with E-state index < -0.39 is 0 Å². The van der Waals surface area contributed by atoms with Crippen LogP contribution in [-0.4, -0.2) is 28.9 Å². The van der Waals surface area contributed by atoms with Crippen LogP contribution in [0.1, 0.15) is 0 Å². The van der Waals surface area contributed by atoms with Crippen LogP contribution in [0, 0.1) is 6.20 Å². The summed E-state index contributed by atoms with van der Waals surface area (Å²) < 4.78 is 6.11. The van der Waals surface area contributed by atoms with Gasteiger partial charge in [0, 0.05) is 49.0 Å². The van der Waals surface area contributed by atoms with Gasteiger partial charge in [0.15, 0.2) is 0 Å². The monoisotopic (exact) mass is 642 g/mol. The molecule has 6 nitrogen and oxygen atoms in total. The fraction of sp³-hybridized carbons (Fsp3) is 0. The Kier molecular flexibility index (Phi) is 4.58. The molecule has 0 saturated heterocycles. The van der Waals surface area contributed by atoms with Crippen molar-refractivity contribution in [2.75, 3.05) is 0 Å². The van der Waals surface area contributed by atoms with E-state index in [9.17, 15) is 0 Å². The maximum Gasteiger partial charge on any atom is 0.137 e. The van der Waals surface area contributed by atoms with Crippen molar-refractivity contribution >= 4 is 49.1 Å². The van der Waals surface area contributed by atoms with Crippen LogP contribution in [0.4, 0.5) is 0 Å². The van der Waals surface area contributed by atoms with E-state index in [4.69, 9.17) is 5.10 Å². The van der Waals surface area contributed by atoms with Crippen molar-refractivity contribution in [1.82, 2.24) is 28.9 Å². The number of benzene rings is 3. The maximum absolute atomic E-state index is 4.71. The third kappa shape index (κ3) is 2.78. The Hall–Kier alpha value is -4.32. The Morgan fingerprint density at radius 3 is 2.22 bits per heavy atom. The van der Waals surface area contributed by atoms with E-state index in [0.29, 0.717) is 0 Å². The molecule has 0 spiro atoms. The van der Waals surface area contributed by atoms with Crippen LogP contribution >= 0.6 is 0 Å². The van der Waals surface area contributed by atoms with Crippen molar-refractivity contribution in [3.05, 3.63) is 110 Å². The first-order chi connectivity index (χ1) is 17.4. The minimum atomic E-state index is 0. The van der Waals surface area contributed by atoms with E-state index in [2.05, 4.69) is 87.6 Å². The molecule has 173 valence electrons. The van der Waals surface area contributed by atoms with E-state index in [-0.39, 0.29) is 20.1 Å². The maximum atomic E-state index is 4.71. The van der Waals surface area contributed by atoms with Crippen LogP contribution < -0.4 is 0 Å². The summed E-state index contributed by atoms with van der Waals surface area (Å²) in [5.74, 6) is 0.899. The number of fused-ring (bicyclic) bond motifs is 9. The Bertz CT molecular complexity index is 2070. The second kappa shape index (κ2) is 7.85. The SMILES string of the molecule is [Ir].[c-]1nn(-c2ccc3c(c2)c2ccccc2n3-c2ccccn2)c2c3ccccc3c3ccnn3c12. The third-order valence-corrected chi connectivity index (χ3v) is 6.78. The predicted molar refractivity (Wildman–Crippen MR) is 138 cm³/mol. The van der Waals surface area contributed by atoms with Gasteiger partial charge in [-0.05, 0) is 47.9 Å².